The van der Waals surface area contributed by atoms with E-state index in [9.17, 15) is 0 Å². The molecule has 0 saturated carbocycles. The number of likely N-dealkylation sites (N-methyl/N-ethyl adjacent to an activating group) is 2. The van der Waals surface area contributed by atoms with Crippen LogP contribution in [0.5, 0.6) is 0 Å². The number of hydrogen-bond donors (Lipinski definition) is 1. The van der Waals surface area contributed by atoms with Crippen LogP contribution in [-0.2, 0) is 11.2 Å². The van der Waals surface area contributed by atoms with Gasteiger partial charge in [-0.1, -0.05) is 38.1 Å². The molecule has 20 heavy (non-hydrogen) atoms. The van der Waals surface area contributed by atoms with E-state index in [2.05, 4.69) is 48.3 Å². The van der Waals surface area contributed by atoms with E-state index in [1.807, 2.05) is 0 Å². The highest BCUT2D eigenvalue weighted by Gasteiger charge is 2.32. The summed E-state index contributed by atoms with van der Waals surface area (Å²) in [4.78, 5) is 2.56. The van der Waals surface area contributed by atoms with Crippen molar-refractivity contribution in [2.75, 3.05) is 33.4 Å². The molecular weight excluding hydrogens is 248 g/mol. The third-order valence-electron chi connectivity index (χ3n) is 4.37. The highest BCUT2D eigenvalue weighted by atomic mass is 16.5. The van der Waals surface area contributed by atoms with Gasteiger partial charge in [0.05, 0.1) is 6.61 Å². The van der Waals surface area contributed by atoms with Gasteiger partial charge in [0.15, 0.2) is 0 Å². The largest absolute Gasteiger partial charge is 0.383 e. The van der Waals surface area contributed by atoms with E-state index in [1.54, 1.807) is 7.11 Å². The molecule has 1 aromatic carbocycles. The lowest BCUT2D eigenvalue weighted by atomic mass is 9.83. The summed E-state index contributed by atoms with van der Waals surface area (Å²) in [5.41, 5.74) is 3.00. The number of rotatable bonds is 7. The van der Waals surface area contributed by atoms with Crippen molar-refractivity contribution >= 4 is 0 Å². The standard InChI is InChI=1S/C17H28N2O/c1-4-18-17-15-9-7-6-8-14(15)10-11-16(17)19(5-2)12-13-20-3/h6-9,16-18H,4-5,10-13H2,1-3H3. The number of fused-ring (bicyclic) bond motifs is 1. The molecule has 3 nitrogen and oxygen atoms in total. The lowest BCUT2D eigenvalue weighted by Crippen LogP contribution is -2.48. The Kier molecular flexibility index (Phi) is 6.02. The van der Waals surface area contributed by atoms with Crippen LogP contribution in [0.4, 0.5) is 0 Å². The highest BCUT2D eigenvalue weighted by Crippen LogP contribution is 2.32. The Morgan fingerprint density at radius 3 is 2.80 bits per heavy atom. The minimum Gasteiger partial charge on any atom is -0.383 e. The number of methoxy groups -OCH3 is 1. The highest BCUT2D eigenvalue weighted by molar-refractivity contribution is 5.34. The fourth-order valence-electron chi connectivity index (χ4n) is 3.37. The number of nitrogens with zero attached hydrogens (tertiary/aromatic N) is 1. The van der Waals surface area contributed by atoms with Crippen molar-refractivity contribution in [2.45, 2.75) is 38.8 Å². The maximum absolute atomic E-state index is 5.27. The van der Waals surface area contributed by atoms with Crippen LogP contribution in [0.15, 0.2) is 24.3 Å². The first-order valence-corrected chi connectivity index (χ1v) is 7.86. The summed E-state index contributed by atoms with van der Waals surface area (Å²) in [5.74, 6) is 0. The molecule has 112 valence electrons. The average molecular weight is 276 g/mol. The molecule has 1 aliphatic rings. The fourth-order valence-corrected chi connectivity index (χ4v) is 3.37. The maximum atomic E-state index is 5.27. The first kappa shape index (κ1) is 15.5. The molecule has 0 fully saturated rings. The van der Waals surface area contributed by atoms with Crippen LogP contribution in [-0.4, -0.2) is 44.3 Å². The van der Waals surface area contributed by atoms with E-state index in [4.69, 9.17) is 4.74 Å². The van der Waals surface area contributed by atoms with Gasteiger partial charge in [-0.05, 0) is 37.1 Å². The van der Waals surface area contributed by atoms with E-state index in [0.717, 1.165) is 26.2 Å². The van der Waals surface area contributed by atoms with E-state index >= 15 is 0 Å². The van der Waals surface area contributed by atoms with Gasteiger partial charge in [-0.3, -0.25) is 4.90 Å². The Morgan fingerprint density at radius 1 is 1.30 bits per heavy atom. The van der Waals surface area contributed by atoms with Crippen LogP contribution in [0.1, 0.15) is 37.4 Å². The summed E-state index contributed by atoms with van der Waals surface area (Å²) in [6.07, 6.45) is 2.42. The zero-order valence-corrected chi connectivity index (χ0v) is 13.1. The van der Waals surface area contributed by atoms with Crippen LogP contribution in [0.2, 0.25) is 0 Å². The SMILES string of the molecule is CCNC1c2ccccc2CCC1N(CC)CCOC. The van der Waals surface area contributed by atoms with Gasteiger partial charge < -0.3 is 10.1 Å². The Morgan fingerprint density at radius 2 is 2.10 bits per heavy atom. The summed E-state index contributed by atoms with van der Waals surface area (Å²) in [7, 11) is 1.78. The summed E-state index contributed by atoms with van der Waals surface area (Å²) in [5, 5.41) is 3.70. The minimum absolute atomic E-state index is 0.446. The molecular formula is C17H28N2O. The van der Waals surface area contributed by atoms with E-state index in [1.165, 1.54) is 24.0 Å². The third kappa shape index (κ3) is 3.40. The van der Waals surface area contributed by atoms with Crippen molar-refractivity contribution in [3.8, 4) is 0 Å². The fraction of sp³-hybridized carbons (Fsp3) is 0.647. The zero-order valence-electron chi connectivity index (χ0n) is 13.1. The molecule has 1 N–H and O–H groups in total. The molecule has 3 heteroatoms. The second-order valence-corrected chi connectivity index (χ2v) is 5.46. The van der Waals surface area contributed by atoms with Gasteiger partial charge in [0.2, 0.25) is 0 Å². The topological polar surface area (TPSA) is 24.5 Å². The molecule has 0 radical (unpaired) electrons. The molecule has 1 aromatic rings. The molecule has 0 heterocycles. The zero-order chi connectivity index (χ0) is 14.4. The lowest BCUT2D eigenvalue weighted by molar-refractivity contribution is 0.0981. The predicted octanol–water partition coefficient (Wildman–Crippen LogP) is 2.62. The average Bonchev–Trinajstić information content (AvgIpc) is 2.49. The van der Waals surface area contributed by atoms with Crippen molar-refractivity contribution in [3.63, 3.8) is 0 Å². The van der Waals surface area contributed by atoms with Crippen molar-refractivity contribution in [1.82, 2.24) is 10.2 Å². The minimum atomic E-state index is 0.446. The third-order valence-corrected chi connectivity index (χ3v) is 4.37. The number of benzene rings is 1. The lowest BCUT2D eigenvalue weighted by Gasteiger charge is -2.41. The number of nitrogens with one attached hydrogen (secondary N) is 1. The second-order valence-electron chi connectivity index (χ2n) is 5.46. The first-order chi connectivity index (χ1) is 9.81. The van der Waals surface area contributed by atoms with Gasteiger partial charge in [-0.15, -0.1) is 0 Å². The molecule has 1 aliphatic carbocycles. The van der Waals surface area contributed by atoms with Crippen LogP contribution < -0.4 is 5.32 Å². The molecule has 0 aliphatic heterocycles. The van der Waals surface area contributed by atoms with Gasteiger partial charge in [0.1, 0.15) is 0 Å². The summed E-state index contributed by atoms with van der Waals surface area (Å²) >= 11 is 0. The van der Waals surface area contributed by atoms with Gasteiger partial charge >= 0.3 is 0 Å². The molecule has 0 amide bonds. The molecule has 0 aromatic heterocycles. The molecule has 0 saturated heterocycles. The van der Waals surface area contributed by atoms with Gasteiger partial charge in [-0.25, -0.2) is 0 Å². The normalized spacial score (nSPS) is 22.0. The maximum Gasteiger partial charge on any atom is 0.0589 e. The second kappa shape index (κ2) is 7.77. The summed E-state index contributed by atoms with van der Waals surface area (Å²) in [6, 6.07) is 9.91. The van der Waals surface area contributed by atoms with Crippen molar-refractivity contribution in [1.29, 1.82) is 0 Å². The number of ether oxygens (including phenoxy) is 1. The molecule has 0 bridgehead atoms. The van der Waals surface area contributed by atoms with Crippen molar-refractivity contribution < 1.29 is 4.74 Å². The Balaban J connectivity index is 2.20. The first-order valence-electron chi connectivity index (χ1n) is 7.86. The number of hydrogen-bond acceptors (Lipinski definition) is 3. The molecule has 2 rings (SSSR count). The van der Waals surface area contributed by atoms with Crippen molar-refractivity contribution in [3.05, 3.63) is 35.4 Å². The molecule has 0 spiro atoms. The van der Waals surface area contributed by atoms with Gasteiger partial charge in [0.25, 0.3) is 0 Å². The van der Waals surface area contributed by atoms with Crippen molar-refractivity contribution in [2.24, 2.45) is 0 Å². The Hall–Kier alpha value is -0.900. The van der Waals surface area contributed by atoms with E-state index in [0.29, 0.717) is 12.1 Å². The summed E-state index contributed by atoms with van der Waals surface area (Å²) < 4.78 is 5.27. The van der Waals surface area contributed by atoms with Gasteiger partial charge in [0, 0.05) is 25.7 Å². The Bertz CT molecular complexity index is 408. The molecule has 2 atom stereocenters. The Labute approximate surface area is 123 Å². The monoisotopic (exact) mass is 276 g/mol. The summed E-state index contributed by atoms with van der Waals surface area (Å²) in [6.45, 7) is 8.36. The van der Waals surface area contributed by atoms with Crippen LogP contribution in [0.3, 0.4) is 0 Å². The van der Waals surface area contributed by atoms with E-state index < -0.39 is 0 Å². The molecule has 2 unspecified atom stereocenters. The predicted molar refractivity (Wildman–Crippen MR) is 84.1 cm³/mol. The van der Waals surface area contributed by atoms with Crippen LogP contribution in [0.25, 0.3) is 0 Å². The van der Waals surface area contributed by atoms with Crippen LogP contribution >= 0.6 is 0 Å². The smallest absolute Gasteiger partial charge is 0.0589 e. The van der Waals surface area contributed by atoms with Gasteiger partial charge in [-0.2, -0.15) is 0 Å². The number of aryl methyl sites for hydroxylation is 1. The van der Waals surface area contributed by atoms with E-state index in [-0.39, 0.29) is 0 Å². The van der Waals surface area contributed by atoms with Crippen LogP contribution in [0, 0.1) is 0 Å². The quantitative estimate of drug-likeness (QED) is 0.828.